The first-order valence-corrected chi connectivity index (χ1v) is 10.7. The molecule has 0 saturated carbocycles. The van der Waals surface area contributed by atoms with Gasteiger partial charge in [-0.15, -0.1) is 0 Å². The van der Waals surface area contributed by atoms with Gasteiger partial charge in [-0.3, -0.25) is 4.79 Å². The molecule has 0 fully saturated rings. The van der Waals surface area contributed by atoms with Gasteiger partial charge in [-0.05, 0) is 36.4 Å². The summed E-state index contributed by atoms with van der Waals surface area (Å²) in [5, 5.41) is 3.20. The van der Waals surface area contributed by atoms with Crippen LogP contribution in [0.5, 0.6) is 0 Å². The second-order valence-electron chi connectivity index (χ2n) is 6.06. The van der Waals surface area contributed by atoms with E-state index in [-0.39, 0.29) is 15.8 Å². The summed E-state index contributed by atoms with van der Waals surface area (Å²) in [4.78, 5) is 20.2. The van der Waals surface area contributed by atoms with Crippen LogP contribution in [0.1, 0.15) is 6.92 Å². The Hall–Kier alpha value is -3.10. The number of carbonyl (C=O) groups is 1. The number of hydrogen-bond acceptors (Lipinski definition) is 6. The molecule has 0 atom stereocenters. The normalized spacial score (nSPS) is 11.5. The van der Waals surface area contributed by atoms with Gasteiger partial charge in [0, 0.05) is 12.5 Å². The van der Waals surface area contributed by atoms with Crippen LogP contribution < -0.4 is 5.32 Å². The van der Waals surface area contributed by atoms with E-state index in [2.05, 4.69) is 15.3 Å². The third-order valence-electron chi connectivity index (χ3n) is 4.02. The maximum Gasteiger partial charge on any atom is 0.223 e. The summed E-state index contributed by atoms with van der Waals surface area (Å²) < 4.78 is 26.5. The highest BCUT2D eigenvalue weighted by atomic mass is 32.2. The van der Waals surface area contributed by atoms with E-state index in [1.807, 2.05) is 18.2 Å². The molecule has 0 aliphatic rings. The lowest BCUT2D eigenvalue weighted by Gasteiger charge is -2.06. The molecule has 8 heteroatoms. The van der Waals surface area contributed by atoms with Crippen molar-refractivity contribution in [2.45, 2.75) is 16.8 Å². The van der Waals surface area contributed by atoms with E-state index in [1.165, 1.54) is 24.3 Å². The molecule has 1 amide bonds. The highest BCUT2D eigenvalue weighted by molar-refractivity contribution is 7.91. The number of amides is 1. The zero-order valence-electron chi connectivity index (χ0n) is 14.8. The molecule has 0 aliphatic heterocycles. The average molecular weight is 409 g/mol. The molecule has 0 aliphatic carbocycles. The summed E-state index contributed by atoms with van der Waals surface area (Å²) in [6.45, 7) is 1.43. The molecule has 0 spiro atoms. The second-order valence-corrected chi connectivity index (χ2v) is 8.99. The van der Waals surface area contributed by atoms with Gasteiger partial charge in [0.25, 0.3) is 0 Å². The van der Waals surface area contributed by atoms with Crippen LogP contribution in [0.15, 0.2) is 76.7 Å². The SMILES string of the molecule is CC(=O)Nc1nc2ccc(-c3cccc(S(=O)(=O)c4ccccc4)n3)cc2s1. The Morgan fingerprint density at radius 1 is 0.964 bits per heavy atom. The molecule has 2 aromatic carbocycles. The molecule has 4 rings (SSSR count). The first-order chi connectivity index (χ1) is 13.4. The van der Waals surface area contributed by atoms with Gasteiger partial charge >= 0.3 is 0 Å². The standard InChI is InChI=1S/C20H15N3O3S2/c1-13(24)21-20-23-17-11-10-14(12-18(17)27-20)16-8-5-9-19(22-16)28(25,26)15-6-3-2-4-7-15/h2-12H,1H3,(H,21,23,24). The molecule has 0 unspecified atom stereocenters. The fourth-order valence-electron chi connectivity index (χ4n) is 2.73. The van der Waals surface area contributed by atoms with E-state index in [9.17, 15) is 13.2 Å². The zero-order valence-corrected chi connectivity index (χ0v) is 16.4. The summed E-state index contributed by atoms with van der Waals surface area (Å²) in [7, 11) is -3.69. The molecule has 28 heavy (non-hydrogen) atoms. The lowest BCUT2D eigenvalue weighted by molar-refractivity contribution is -0.114. The van der Waals surface area contributed by atoms with E-state index in [1.54, 1.807) is 42.5 Å². The third kappa shape index (κ3) is 3.51. The van der Waals surface area contributed by atoms with E-state index in [4.69, 9.17) is 0 Å². The largest absolute Gasteiger partial charge is 0.302 e. The molecule has 2 aromatic heterocycles. The lowest BCUT2D eigenvalue weighted by atomic mass is 10.1. The fraction of sp³-hybridized carbons (Fsp3) is 0.0500. The maximum atomic E-state index is 12.8. The van der Waals surface area contributed by atoms with E-state index in [0.717, 1.165) is 15.8 Å². The number of benzene rings is 2. The van der Waals surface area contributed by atoms with E-state index >= 15 is 0 Å². The minimum Gasteiger partial charge on any atom is -0.302 e. The van der Waals surface area contributed by atoms with E-state index < -0.39 is 9.84 Å². The van der Waals surface area contributed by atoms with Crippen molar-refractivity contribution in [2.75, 3.05) is 5.32 Å². The molecular formula is C20H15N3O3S2. The second kappa shape index (κ2) is 7.14. The fourth-order valence-corrected chi connectivity index (χ4v) is 4.92. The summed E-state index contributed by atoms with van der Waals surface area (Å²) in [6, 6.07) is 18.7. The minimum atomic E-state index is -3.69. The number of nitrogens with zero attached hydrogens (tertiary/aromatic N) is 2. The minimum absolute atomic E-state index is 0.000429. The average Bonchev–Trinajstić information content (AvgIpc) is 3.09. The Kier molecular flexibility index (Phi) is 4.66. The van der Waals surface area contributed by atoms with Gasteiger partial charge in [-0.2, -0.15) is 0 Å². The summed E-state index contributed by atoms with van der Waals surface area (Å²) in [5.41, 5.74) is 2.08. The van der Waals surface area contributed by atoms with Gasteiger partial charge in [-0.25, -0.2) is 18.4 Å². The van der Waals surface area contributed by atoms with Gasteiger partial charge < -0.3 is 5.32 Å². The van der Waals surface area contributed by atoms with Crippen LogP contribution >= 0.6 is 11.3 Å². The molecular weight excluding hydrogens is 394 g/mol. The van der Waals surface area contributed by atoms with Crippen LogP contribution in [0.4, 0.5) is 5.13 Å². The van der Waals surface area contributed by atoms with Crippen LogP contribution in [-0.4, -0.2) is 24.3 Å². The molecule has 0 saturated heterocycles. The van der Waals surface area contributed by atoms with Gasteiger partial charge in [0.2, 0.25) is 15.7 Å². The Morgan fingerprint density at radius 2 is 1.75 bits per heavy atom. The first kappa shape index (κ1) is 18.3. The van der Waals surface area contributed by atoms with Crippen LogP contribution in [-0.2, 0) is 14.6 Å². The van der Waals surface area contributed by atoms with Crippen molar-refractivity contribution >= 4 is 42.4 Å². The predicted octanol–water partition coefficient (Wildman–Crippen LogP) is 4.15. The van der Waals surface area contributed by atoms with Crippen LogP contribution in [0.2, 0.25) is 0 Å². The number of sulfone groups is 1. The maximum absolute atomic E-state index is 12.8. The number of nitrogens with one attached hydrogen (secondary N) is 1. The number of aromatic nitrogens is 2. The van der Waals surface area contributed by atoms with Crippen molar-refractivity contribution < 1.29 is 13.2 Å². The number of rotatable bonds is 4. The third-order valence-corrected chi connectivity index (χ3v) is 6.62. The molecule has 6 nitrogen and oxygen atoms in total. The van der Waals surface area contributed by atoms with Crippen molar-refractivity contribution in [3.05, 3.63) is 66.7 Å². The van der Waals surface area contributed by atoms with Gasteiger partial charge in [0.1, 0.15) is 0 Å². The highest BCUT2D eigenvalue weighted by Gasteiger charge is 2.19. The number of anilines is 1. The molecule has 140 valence electrons. The number of pyridine rings is 1. The molecule has 1 N–H and O–H groups in total. The van der Waals surface area contributed by atoms with Gasteiger partial charge in [0.05, 0.1) is 20.8 Å². The Labute approximate surface area is 165 Å². The first-order valence-electron chi connectivity index (χ1n) is 8.39. The summed E-state index contributed by atoms with van der Waals surface area (Å²) in [6.07, 6.45) is 0. The van der Waals surface area contributed by atoms with Gasteiger partial charge in [-0.1, -0.05) is 41.7 Å². The van der Waals surface area contributed by atoms with Crippen molar-refractivity contribution in [3.63, 3.8) is 0 Å². The number of hydrogen-bond donors (Lipinski definition) is 1. The lowest BCUT2D eigenvalue weighted by Crippen LogP contribution is -2.04. The highest BCUT2D eigenvalue weighted by Crippen LogP contribution is 2.30. The molecule has 4 aromatic rings. The van der Waals surface area contributed by atoms with Crippen molar-refractivity contribution in [2.24, 2.45) is 0 Å². The Morgan fingerprint density at radius 3 is 2.50 bits per heavy atom. The van der Waals surface area contributed by atoms with Crippen molar-refractivity contribution in [3.8, 4) is 11.3 Å². The number of carbonyl (C=O) groups excluding carboxylic acids is 1. The predicted molar refractivity (Wildman–Crippen MR) is 109 cm³/mol. The topological polar surface area (TPSA) is 89.0 Å². The van der Waals surface area contributed by atoms with Crippen molar-refractivity contribution in [1.82, 2.24) is 9.97 Å². The van der Waals surface area contributed by atoms with Crippen molar-refractivity contribution in [1.29, 1.82) is 0 Å². The van der Waals surface area contributed by atoms with Crippen LogP contribution in [0.3, 0.4) is 0 Å². The Bertz CT molecular complexity index is 1280. The zero-order chi connectivity index (χ0) is 19.7. The number of fused-ring (bicyclic) bond motifs is 1. The van der Waals surface area contributed by atoms with Crippen LogP contribution in [0, 0.1) is 0 Å². The van der Waals surface area contributed by atoms with Crippen LogP contribution in [0.25, 0.3) is 21.5 Å². The molecule has 0 radical (unpaired) electrons. The quantitative estimate of drug-likeness (QED) is 0.547. The molecule has 0 bridgehead atoms. The van der Waals surface area contributed by atoms with Gasteiger partial charge in [0.15, 0.2) is 10.2 Å². The number of thiazole rings is 1. The Balaban J connectivity index is 1.74. The summed E-state index contributed by atoms with van der Waals surface area (Å²) >= 11 is 1.35. The monoisotopic (exact) mass is 409 g/mol. The smallest absolute Gasteiger partial charge is 0.223 e. The van der Waals surface area contributed by atoms with E-state index in [0.29, 0.717) is 10.8 Å². The molecule has 2 heterocycles. The summed E-state index contributed by atoms with van der Waals surface area (Å²) in [5.74, 6) is -0.181.